The Hall–Kier alpha value is -3.13. The first-order chi connectivity index (χ1) is 18.4. The summed E-state index contributed by atoms with van der Waals surface area (Å²) >= 11 is 1.42. The number of pyridine rings is 1. The van der Waals surface area contributed by atoms with Crippen molar-refractivity contribution in [2.24, 2.45) is 0 Å². The molecule has 4 aliphatic rings. The van der Waals surface area contributed by atoms with Gasteiger partial charge in [-0.25, -0.2) is 19.6 Å². The van der Waals surface area contributed by atoms with Crippen LogP contribution < -0.4 is 14.2 Å². The molecular weight excluding hydrogens is 516 g/mol. The van der Waals surface area contributed by atoms with Gasteiger partial charge in [0, 0.05) is 44.4 Å². The van der Waals surface area contributed by atoms with Crippen molar-refractivity contribution in [1.29, 1.82) is 0 Å². The van der Waals surface area contributed by atoms with Crippen LogP contribution in [0.4, 0.5) is 0 Å². The fraction of sp³-hybridized carbons (Fsp3) is 0.560. The Labute approximate surface area is 222 Å². The topological polar surface area (TPSA) is 152 Å². The summed E-state index contributed by atoms with van der Waals surface area (Å²) in [5.74, 6) is -3.81. The molecule has 1 saturated carbocycles. The number of carbonyl (C=O) groups excluding carboxylic acids is 3. The van der Waals surface area contributed by atoms with Crippen molar-refractivity contribution in [1.82, 2.24) is 19.8 Å². The van der Waals surface area contributed by atoms with Crippen LogP contribution in [0.5, 0.6) is 16.8 Å². The lowest BCUT2D eigenvalue weighted by Crippen LogP contribution is -2.46. The number of ether oxygens (including phenoxy) is 3. The van der Waals surface area contributed by atoms with E-state index in [0.717, 1.165) is 42.5 Å². The molecule has 202 valence electrons. The number of esters is 2. The van der Waals surface area contributed by atoms with Gasteiger partial charge in [0.2, 0.25) is 5.88 Å². The molecule has 38 heavy (non-hydrogen) atoms. The minimum atomic E-state index is -2.18. The van der Waals surface area contributed by atoms with E-state index in [1.807, 2.05) is 0 Å². The van der Waals surface area contributed by atoms with Crippen LogP contribution in [0.25, 0.3) is 0 Å². The van der Waals surface area contributed by atoms with Crippen molar-refractivity contribution < 1.29 is 38.8 Å². The number of carbonyl (C=O) groups is 3. The van der Waals surface area contributed by atoms with Crippen LogP contribution in [0.1, 0.15) is 53.0 Å². The van der Waals surface area contributed by atoms with Gasteiger partial charge in [-0.05, 0) is 25.7 Å². The molecule has 0 aromatic carbocycles. The maximum absolute atomic E-state index is 13.6. The monoisotopic (exact) mass is 544 g/mol. The molecule has 0 radical (unpaired) electrons. The van der Waals surface area contributed by atoms with Crippen LogP contribution in [-0.4, -0.2) is 91.8 Å². The fourth-order valence-corrected chi connectivity index (χ4v) is 6.21. The van der Waals surface area contributed by atoms with Gasteiger partial charge in [0.1, 0.15) is 11.7 Å². The van der Waals surface area contributed by atoms with E-state index in [2.05, 4.69) is 14.9 Å². The lowest BCUT2D eigenvalue weighted by molar-refractivity contribution is -0.162. The summed E-state index contributed by atoms with van der Waals surface area (Å²) in [4.78, 5) is 51.6. The van der Waals surface area contributed by atoms with Crippen LogP contribution in [-0.2, 0) is 22.6 Å². The van der Waals surface area contributed by atoms with Gasteiger partial charge in [0.25, 0.3) is 11.1 Å². The Morgan fingerprint density at radius 1 is 1.05 bits per heavy atom. The number of nitrogens with zero attached hydrogens (tertiary/aromatic N) is 4. The highest BCUT2D eigenvalue weighted by Crippen LogP contribution is 2.35. The second-order valence-electron chi connectivity index (χ2n) is 9.99. The highest BCUT2D eigenvalue weighted by Gasteiger charge is 2.39. The zero-order valence-corrected chi connectivity index (χ0v) is 21.4. The van der Waals surface area contributed by atoms with Gasteiger partial charge in [0.15, 0.2) is 18.0 Å². The highest BCUT2D eigenvalue weighted by atomic mass is 32.1. The predicted molar refractivity (Wildman–Crippen MR) is 131 cm³/mol. The SMILES string of the molecule is O=C1Oc2ccnc(c2C(=O)N2CCc3nc(OC4CCN(C5CCC5)CC4)sc3C2)OC(=O)C(O)C1O. The summed E-state index contributed by atoms with van der Waals surface area (Å²) in [5, 5.41) is 20.4. The number of aliphatic hydroxyl groups excluding tert-OH is 2. The van der Waals surface area contributed by atoms with Crippen LogP contribution in [0, 0.1) is 0 Å². The molecule has 13 heteroatoms. The zero-order chi connectivity index (χ0) is 26.4. The predicted octanol–water partition coefficient (Wildman–Crippen LogP) is 0.678. The van der Waals surface area contributed by atoms with Gasteiger partial charge in [-0.15, -0.1) is 0 Å². The van der Waals surface area contributed by atoms with Gasteiger partial charge in [-0.2, -0.15) is 0 Å². The number of thiazole rings is 1. The Balaban J connectivity index is 1.16. The molecule has 2 atom stereocenters. The number of rotatable bonds is 4. The first-order valence-corrected chi connectivity index (χ1v) is 13.7. The Morgan fingerprint density at radius 3 is 2.50 bits per heavy atom. The molecule has 2 fully saturated rings. The highest BCUT2D eigenvalue weighted by molar-refractivity contribution is 7.13. The molecule has 1 aliphatic carbocycles. The summed E-state index contributed by atoms with van der Waals surface area (Å²) in [7, 11) is 0. The van der Waals surface area contributed by atoms with Crippen LogP contribution in [0.3, 0.4) is 0 Å². The van der Waals surface area contributed by atoms with E-state index < -0.39 is 35.9 Å². The first-order valence-electron chi connectivity index (χ1n) is 12.8. The van der Waals surface area contributed by atoms with Gasteiger partial charge in [-0.3, -0.25) is 4.79 Å². The second kappa shape index (κ2) is 10.2. The molecule has 5 heterocycles. The molecule has 2 aromatic rings. The molecule has 2 unspecified atom stereocenters. The van der Waals surface area contributed by atoms with E-state index in [1.165, 1.54) is 47.8 Å². The number of fused-ring (bicyclic) bond motifs is 3. The standard InChI is InChI=1S/C25H28N4O8S/c30-19-20(31)24(34)37-21-18(16(4-8-26-21)36-23(19)33)22(32)29-11-7-15-17(12-29)38-25(27-15)35-14-5-9-28(10-6-14)13-2-1-3-13/h4,8,13-14,19-20,30-31H,1-3,5-7,9-12H2. The van der Waals surface area contributed by atoms with E-state index in [4.69, 9.17) is 14.2 Å². The number of hydrogen-bond donors (Lipinski definition) is 2. The molecule has 12 nitrogen and oxygen atoms in total. The number of hydrogen-bond acceptors (Lipinski definition) is 12. The van der Waals surface area contributed by atoms with Gasteiger partial charge < -0.3 is 34.2 Å². The summed E-state index contributed by atoms with van der Waals surface area (Å²) < 4.78 is 16.4. The van der Waals surface area contributed by atoms with Gasteiger partial charge in [-0.1, -0.05) is 17.8 Å². The molecule has 2 aromatic heterocycles. The Kier molecular flexibility index (Phi) is 6.76. The second-order valence-corrected chi connectivity index (χ2v) is 11.0. The maximum Gasteiger partial charge on any atom is 0.345 e. The lowest BCUT2D eigenvalue weighted by Gasteiger charge is -2.41. The van der Waals surface area contributed by atoms with Crippen molar-refractivity contribution in [3.05, 3.63) is 28.4 Å². The minimum Gasteiger partial charge on any atom is -0.467 e. The van der Waals surface area contributed by atoms with Crippen molar-refractivity contribution in [3.63, 3.8) is 0 Å². The van der Waals surface area contributed by atoms with Crippen molar-refractivity contribution >= 4 is 29.2 Å². The number of piperidine rings is 1. The van der Waals surface area contributed by atoms with Crippen molar-refractivity contribution in [2.75, 3.05) is 19.6 Å². The first kappa shape index (κ1) is 25.2. The van der Waals surface area contributed by atoms with Crippen LogP contribution in [0.15, 0.2) is 12.3 Å². The largest absolute Gasteiger partial charge is 0.467 e. The van der Waals surface area contributed by atoms with E-state index >= 15 is 0 Å². The number of aliphatic hydroxyl groups is 2. The average molecular weight is 545 g/mol. The molecule has 2 N–H and O–H groups in total. The fourth-order valence-electron chi connectivity index (χ4n) is 5.17. The smallest absolute Gasteiger partial charge is 0.345 e. The summed E-state index contributed by atoms with van der Waals surface area (Å²) in [6, 6.07) is 2.00. The third-order valence-corrected chi connectivity index (χ3v) is 8.59. The molecule has 0 spiro atoms. The van der Waals surface area contributed by atoms with Crippen LogP contribution >= 0.6 is 11.3 Å². The Bertz CT molecular complexity index is 1220. The normalized spacial score (nSPS) is 24.8. The van der Waals surface area contributed by atoms with E-state index in [-0.39, 0.29) is 24.0 Å². The average Bonchev–Trinajstić information content (AvgIpc) is 3.29. The molecule has 2 bridgehead atoms. The Morgan fingerprint density at radius 2 is 1.79 bits per heavy atom. The zero-order valence-electron chi connectivity index (χ0n) is 20.6. The third kappa shape index (κ3) is 4.75. The minimum absolute atomic E-state index is 0.127. The van der Waals surface area contributed by atoms with Gasteiger partial charge in [0.05, 0.1) is 17.1 Å². The van der Waals surface area contributed by atoms with E-state index in [0.29, 0.717) is 18.2 Å². The third-order valence-electron chi connectivity index (χ3n) is 7.62. The van der Waals surface area contributed by atoms with E-state index in [9.17, 15) is 24.6 Å². The molecule has 1 amide bonds. The quantitative estimate of drug-likeness (QED) is 0.523. The van der Waals surface area contributed by atoms with Crippen molar-refractivity contribution in [2.45, 2.75) is 69.4 Å². The van der Waals surface area contributed by atoms with Gasteiger partial charge >= 0.3 is 11.9 Å². The number of likely N-dealkylation sites (tertiary alicyclic amines) is 1. The molecule has 6 rings (SSSR count). The lowest BCUT2D eigenvalue weighted by atomic mass is 9.90. The summed E-state index contributed by atoms with van der Waals surface area (Å²) in [6.07, 6.45) is 3.36. The van der Waals surface area contributed by atoms with Crippen molar-refractivity contribution in [3.8, 4) is 16.8 Å². The maximum atomic E-state index is 13.6. The molecule has 3 aliphatic heterocycles. The van der Waals surface area contributed by atoms with E-state index in [1.54, 1.807) is 0 Å². The molecular formula is C25H28N4O8S. The van der Waals surface area contributed by atoms with Crippen LogP contribution in [0.2, 0.25) is 0 Å². The summed E-state index contributed by atoms with van der Waals surface area (Å²) in [6.45, 7) is 2.66. The number of aromatic nitrogens is 2. The number of amides is 1. The molecule has 1 saturated heterocycles. The summed E-state index contributed by atoms with van der Waals surface area (Å²) in [5.41, 5.74) is 0.646.